The zero-order valence-electron chi connectivity index (χ0n) is 12.4. The molecule has 1 aromatic rings. The summed E-state index contributed by atoms with van der Waals surface area (Å²) in [5, 5.41) is 23.5. The molecular weight excluding hydrogens is 349 g/mol. The minimum Gasteiger partial charge on any atom is -0.508 e. The Balaban J connectivity index is 2.57. The van der Waals surface area contributed by atoms with Crippen molar-refractivity contribution in [1.82, 2.24) is 10.6 Å². The maximum absolute atomic E-state index is 13.5. The van der Waals surface area contributed by atoms with E-state index in [1.165, 1.54) is 31.2 Å². The number of halogens is 3. The molecule has 1 aliphatic rings. The first kappa shape index (κ1) is 18.3. The van der Waals surface area contributed by atoms with Crippen molar-refractivity contribution in [3.05, 3.63) is 29.8 Å². The number of phenolic OH excluding ortho intramolecular Hbond substituents is 1. The highest BCUT2D eigenvalue weighted by atomic mass is 32.1. The Kier molecular flexibility index (Phi) is 4.90. The molecule has 2 rings (SSSR count). The predicted octanol–water partition coefficient (Wildman–Crippen LogP) is 1.34. The third-order valence-corrected chi connectivity index (χ3v) is 3.80. The Morgan fingerprint density at radius 3 is 2.67 bits per heavy atom. The van der Waals surface area contributed by atoms with Gasteiger partial charge in [-0.25, -0.2) is 0 Å². The van der Waals surface area contributed by atoms with Gasteiger partial charge in [-0.1, -0.05) is 12.1 Å². The van der Waals surface area contributed by atoms with Crippen molar-refractivity contribution < 1.29 is 32.9 Å². The van der Waals surface area contributed by atoms with Crippen molar-refractivity contribution in [3.8, 4) is 5.75 Å². The third kappa shape index (κ3) is 3.24. The molecule has 0 amide bonds. The number of carbonyl (C=O) groups is 1. The highest BCUT2D eigenvalue weighted by molar-refractivity contribution is 7.80. The van der Waals surface area contributed by atoms with Crippen LogP contribution in [0.2, 0.25) is 0 Å². The van der Waals surface area contributed by atoms with E-state index in [9.17, 15) is 28.2 Å². The van der Waals surface area contributed by atoms with Crippen molar-refractivity contribution in [2.24, 2.45) is 5.92 Å². The molecule has 1 aliphatic heterocycles. The number of carbonyl (C=O) groups excluding carboxylic acids is 1. The van der Waals surface area contributed by atoms with Crippen LogP contribution in [-0.2, 0) is 9.53 Å². The maximum atomic E-state index is 13.5. The van der Waals surface area contributed by atoms with E-state index >= 15 is 0 Å². The van der Waals surface area contributed by atoms with Crippen LogP contribution in [0.15, 0.2) is 24.3 Å². The molecule has 1 saturated heterocycles. The molecule has 0 radical (unpaired) electrons. The summed E-state index contributed by atoms with van der Waals surface area (Å²) in [5.74, 6) is -3.55. The molecule has 1 heterocycles. The number of nitrogens with one attached hydrogen (secondary N) is 2. The molecule has 4 N–H and O–H groups in total. The average Bonchev–Trinajstić information content (AvgIpc) is 2.45. The Bertz CT molecular complexity index is 655. The fraction of sp³-hybridized carbons (Fsp3) is 0.429. The van der Waals surface area contributed by atoms with Gasteiger partial charge in [-0.15, -0.1) is 0 Å². The van der Waals surface area contributed by atoms with Crippen molar-refractivity contribution in [1.29, 1.82) is 0 Å². The van der Waals surface area contributed by atoms with Crippen LogP contribution in [0.3, 0.4) is 0 Å². The zero-order chi connectivity index (χ0) is 18.1. The molecule has 1 fully saturated rings. The van der Waals surface area contributed by atoms with Crippen LogP contribution in [0.5, 0.6) is 5.75 Å². The molecule has 0 bridgehead atoms. The van der Waals surface area contributed by atoms with Crippen LogP contribution in [0.4, 0.5) is 13.2 Å². The Hall–Kier alpha value is -2.07. The molecule has 24 heavy (non-hydrogen) atoms. The number of rotatable bonds is 3. The molecule has 0 aromatic heterocycles. The second-order valence-electron chi connectivity index (χ2n) is 5.16. The van der Waals surface area contributed by atoms with Crippen molar-refractivity contribution in [2.45, 2.75) is 24.9 Å². The molecule has 0 unspecified atom stereocenters. The fourth-order valence-electron chi connectivity index (χ4n) is 2.53. The number of hydrogen-bond donors (Lipinski definition) is 4. The van der Waals surface area contributed by atoms with Gasteiger partial charge >= 0.3 is 12.1 Å². The number of aliphatic hydroxyl groups is 1. The molecule has 0 spiro atoms. The summed E-state index contributed by atoms with van der Waals surface area (Å²) in [4.78, 5) is 12.2. The van der Waals surface area contributed by atoms with Gasteiger partial charge in [-0.05, 0) is 36.8 Å². The monoisotopic (exact) mass is 364 g/mol. The lowest BCUT2D eigenvalue weighted by Crippen LogP contribution is -2.73. The summed E-state index contributed by atoms with van der Waals surface area (Å²) in [6, 6.07) is 3.93. The molecule has 0 aliphatic carbocycles. The molecular formula is C14H15F3N2O4S. The second kappa shape index (κ2) is 6.44. The van der Waals surface area contributed by atoms with E-state index in [4.69, 9.17) is 17.0 Å². The summed E-state index contributed by atoms with van der Waals surface area (Å²) in [5.41, 5.74) is -3.47. The smallest absolute Gasteiger partial charge is 0.437 e. The van der Waals surface area contributed by atoms with Crippen molar-refractivity contribution in [2.75, 3.05) is 6.61 Å². The lowest BCUT2D eigenvalue weighted by Gasteiger charge is -2.45. The maximum Gasteiger partial charge on any atom is 0.437 e. The van der Waals surface area contributed by atoms with Crippen molar-refractivity contribution in [3.63, 3.8) is 0 Å². The number of alkyl halides is 3. The molecule has 132 valence electrons. The number of benzene rings is 1. The highest BCUT2D eigenvalue weighted by Crippen LogP contribution is 2.43. The molecule has 0 saturated carbocycles. The number of ether oxygens (including phenoxy) is 1. The summed E-state index contributed by atoms with van der Waals surface area (Å²) >= 11 is 4.74. The van der Waals surface area contributed by atoms with Crippen LogP contribution in [0.25, 0.3) is 0 Å². The minimum absolute atomic E-state index is 0.138. The van der Waals surface area contributed by atoms with Crippen LogP contribution >= 0.6 is 12.2 Å². The molecule has 6 nitrogen and oxygen atoms in total. The van der Waals surface area contributed by atoms with E-state index in [2.05, 4.69) is 5.32 Å². The normalized spacial score (nSPS) is 27.1. The number of hydrogen-bond acceptors (Lipinski definition) is 5. The van der Waals surface area contributed by atoms with Gasteiger partial charge in [0.25, 0.3) is 5.72 Å². The first-order valence-electron chi connectivity index (χ1n) is 6.93. The lowest BCUT2D eigenvalue weighted by molar-refractivity contribution is -0.292. The van der Waals surface area contributed by atoms with Gasteiger partial charge in [0.2, 0.25) is 0 Å². The molecule has 1 aromatic carbocycles. The number of aromatic hydroxyl groups is 1. The first-order valence-corrected chi connectivity index (χ1v) is 7.34. The number of esters is 1. The van der Waals surface area contributed by atoms with Crippen LogP contribution < -0.4 is 10.6 Å². The Morgan fingerprint density at radius 2 is 2.12 bits per heavy atom. The molecule has 3 atom stereocenters. The van der Waals surface area contributed by atoms with Gasteiger partial charge in [0, 0.05) is 0 Å². The van der Waals surface area contributed by atoms with Crippen molar-refractivity contribution >= 4 is 23.3 Å². The summed E-state index contributed by atoms with van der Waals surface area (Å²) in [7, 11) is 0. The molecule has 10 heteroatoms. The predicted molar refractivity (Wildman–Crippen MR) is 80.8 cm³/mol. The summed E-state index contributed by atoms with van der Waals surface area (Å²) in [6.07, 6.45) is -5.20. The average molecular weight is 364 g/mol. The summed E-state index contributed by atoms with van der Waals surface area (Å²) < 4.78 is 45.1. The van der Waals surface area contributed by atoms with E-state index in [1.54, 1.807) is 5.32 Å². The van der Waals surface area contributed by atoms with Crippen LogP contribution in [0.1, 0.15) is 18.5 Å². The van der Waals surface area contributed by atoms with Gasteiger partial charge < -0.3 is 25.6 Å². The Labute approximate surface area is 140 Å². The van der Waals surface area contributed by atoms with Gasteiger partial charge in [0.15, 0.2) is 5.11 Å². The number of thiocarbonyl (C=S) groups is 1. The van der Waals surface area contributed by atoms with Gasteiger partial charge in [-0.3, -0.25) is 4.79 Å². The second-order valence-corrected chi connectivity index (χ2v) is 5.57. The minimum atomic E-state index is -5.20. The van der Waals surface area contributed by atoms with E-state index in [0.29, 0.717) is 0 Å². The quantitative estimate of drug-likeness (QED) is 0.475. The summed E-state index contributed by atoms with van der Waals surface area (Å²) in [6.45, 7) is 1.27. The first-order chi connectivity index (χ1) is 11.1. The van der Waals surface area contributed by atoms with Gasteiger partial charge in [0.05, 0.1) is 12.6 Å². The topological polar surface area (TPSA) is 90.8 Å². The van der Waals surface area contributed by atoms with E-state index in [1.807, 2.05) is 0 Å². The van der Waals surface area contributed by atoms with Crippen LogP contribution in [0, 0.1) is 5.92 Å². The third-order valence-electron chi connectivity index (χ3n) is 3.58. The standard InChI is InChI=1S/C14H15F3N2O4S/c1-2-23-11(21)9-10(7-4-3-5-8(20)6-7)18-12(24)19-13(9,22)14(15,16)17/h3-6,9-10,20,22H,2H2,1H3,(H2,18,19,24)/t9-,10+,13+/m0/s1. The van der Waals surface area contributed by atoms with E-state index < -0.39 is 34.9 Å². The van der Waals surface area contributed by atoms with E-state index in [-0.39, 0.29) is 17.9 Å². The van der Waals surface area contributed by atoms with Crippen LogP contribution in [-0.4, -0.2) is 39.8 Å². The lowest BCUT2D eigenvalue weighted by atomic mass is 9.82. The van der Waals surface area contributed by atoms with Gasteiger partial charge in [0.1, 0.15) is 11.7 Å². The SMILES string of the molecule is CCOC(=O)[C@@H]1[C@@H](c2cccc(O)c2)NC(=S)N[C@]1(O)C(F)(F)F. The number of phenols is 1. The highest BCUT2D eigenvalue weighted by Gasteiger charge is 2.66. The van der Waals surface area contributed by atoms with E-state index in [0.717, 1.165) is 0 Å². The Morgan fingerprint density at radius 1 is 1.46 bits per heavy atom. The largest absolute Gasteiger partial charge is 0.508 e. The fourth-order valence-corrected chi connectivity index (χ4v) is 2.82. The van der Waals surface area contributed by atoms with Gasteiger partial charge in [-0.2, -0.15) is 13.2 Å². The zero-order valence-corrected chi connectivity index (χ0v) is 13.2.